The number of hydrogen-bond donors (Lipinski definition) is 1. The highest BCUT2D eigenvalue weighted by Gasteiger charge is 2.22. The van der Waals surface area contributed by atoms with E-state index in [0.717, 1.165) is 68.8 Å². The Labute approximate surface area is 192 Å². The molecular formula is C27H37N3O2. The molecule has 1 aliphatic heterocycles. The third-order valence-corrected chi connectivity index (χ3v) is 6.51. The summed E-state index contributed by atoms with van der Waals surface area (Å²) in [7, 11) is 0. The highest BCUT2D eigenvalue weighted by atomic mass is 16.2. The number of nitrogens with zero attached hydrogens (tertiary/aromatic N) is 2. The Morgan fingerprint density at radius 3 is 2.28 bits per heavy atom. The van der Waals surface area contributed by atoms with Crippen LogP contribution >= 0.6 is 0 Å². The molecule has 1 fully saturated rings. The largest absolute Gasteiger partial charge is 0.368 e. The summed E-state index contributed by atoms with van der Waals surface area (Å²) >= 11 is 0. The first-order chi connectivity index (χ1) is 15.5. The predicted octanol–water partition coefficient (Wildman–Crippen LogP) is 5.04. The first-order valence-electron chi connectivity index (χ1n) is 12.0. The minimum Gasteiger partial charge on any atom is -0.368 e. The third kappa shape index (κ3) is 6.35. The minimum absolute atomic E-state index is 0.0833. The van der Waals surface area contributed by atoms with Crippen molar-refractivity contribution in [2.24, 2.45) is 5.92 Å². The van der Waals surface area contributed by atoms with Crippen LogP contribution in [0.3, 0.4) is 0 Å². The molecule has 2 aromatic carbocycles. The van der Waals surface area contributed by atoms with E-state index in [1.54, 1.807) is 0 Å². The molecule has 0 radical (unpaired) electrons. The number of carbonyl (C=O) groups excluding carboxylic acids is 2. The summed E-state index contributed by atoms with van der Waals surface area (Å²) in [6.45, 7) is 9.40. The molecule has 0 aliphatic carbocycles. The van der Waals surface area contributed by atoms with Gasteiger partial charge in [-0.3, -0.25) is 9.59 Å². The van der Waals surface area contributed by atoms with Crippen molar-refractivity contribution in [2.75, 3.05) is 36.4 Å². The number of carbonyl (C=O) groups is 2. The van der Waals surface area contributed by atoms with Crippen molar-refractivity contribution in [1.82, 2.24) is 4.90 Å². The van der Waals surface area contributed by atoms with E-state index in [1.807, 2.05) is 35.2 Å². The molecular weight excluding hydrogens is 398 g/mol. The zero-order valence-corrected chi connectivity index (χ0v) is 19.8. The molecule has 1 N–H and O–H groups in total. The average molecular weight is 436 g/mol. The van der Waals surface area contributed by atoms with Crippen LogP contribution in [0.1, 0.15) is 50.7 Å². The molecule has 1 aliphatic rings. The van der Waals surface area contributed by atoms with Crippen LogP contribution in [0.15, 0.2) is 48.5 Å². The second kappa shape index (κ2) is 11.7. The monoisotopic (exact) mass is 435 g/mol. The van der Waals surface area contributed by atoms with Crippen LogP contribution in [0.5, 0.6) is 0 Å². The van der Waals surface area contributed by atoms with Crippen LogP contribution in [-0.4, -0.2) is 42.9 Å². The van der Waals surface area contributed by atoms with Gasteiger partial charge in [0.2, 0.25) is 11.8 Å². The first-order valence-corrected chi connectivity index (χ1v) is 12.0. The lowest BCUT2D eigenvalue weighted by Gasteiger charge is -2.36. The van der Waals surface area contributed by atoms with Gasteiger partial charge in [0.1, 0.15) is 0 Å². The van der Waals surface area contributed by atoms with Crippen molar-refractivity contribution in [2.45, 2.75) is 52.9 Å². The summed E-state index contributed by atoms with van der Waals surface area (Å²) < 4.78 is 0. The summed E-state index contributed by atoms with van der Waals surface area (Å²) in [4.78, 5) is 29.5. The molecule has 2 amide bonds. The first kappa shape index (κ1) is 23.8. The van der Waals surface area contributed by atoms with Gasteiger partial charge in [-0.15, -0.1) is 0 Å². The van der Waals surface area contributed by atoms with Crippen molar-refractivity contribution >= 4 is 23.2 Å². The maximum atomic E-state index is 12.7. The highest BCUT2D eigenvalue weighted by molar-refractivity contribution is 5.92. The zero-order chi connectivity index (χ0) is 22.9. The van der Waals surface area contributed by atoms with E-state index >= 15 is 0 Å². The van der Waals surface area contributed by atoms with E-state index < -0.39 is 0 Å². The fraction of sp³-hybridized carbons (Fsp3) is 0.481. The molecule has 5 heteroatoms. The number of piperazine rings is 1. The Morgan fingerprint density at radius 1 is 0.969 bits per heavy atom. The fourth-order valence-corrected chi connectivity index (χ4v) is 4.27. The van der Waals surface area contributed by atoms with Crippen LogP contribution in [0, 0.1) is 12.8 Å². The van der Waals surface area contributed by atoms with Gasteiger partial charge in [-0.1, -0.05) is 51.0 Å². The molecule has 3 rings (SSSR count). The lowest BCUT2D eigenvalue weighted by Crippen LogP contribution is -2.49. The molecule has 0 aromatic heterocycles. The van der Waals surface area contributed by atoms with Crippen LogP contribution in [0.25, 0.3) is 0 Å². The predicted molar refractivity (Wildman–Crippen MR) is 132 cm³/mol. The number of anilines is 2. The van der Waals surface area contributed by atoms with Crippen molar-refractivity contribution in [3.8, 4) is 0 Å². The van der Waals surface area contributed by atoms with E-state index in [2.05, 4.69) is 49.2 Å². The van der Waals surface area contributed by atoms with E-state index in [0.29, 0.717) is 6.42 Å². The van der Waals surface area contributed by atoms with Crippen molar-refractivity contribution in [1.29, 1.82) is 0 Å². The maximum Gasteiger partial charge on any atom is 0.227 e. The Bertz CT molecular complexity index is 886. The molecule has 2 aromatic rings. The van der Waals surface area contributed by atoms with Crippen LogP contribution in [0.2, 0.25) is 0 Å². The van der Waals surface area contributed by atoms with Gasteiger partial charge in [-0.05, 0) is 55.2 Å². The quantitative estimate of drug-likeness (QED) is 0.600. The van der Waals surface area contributed by atoms with E-state index in [-0.39, 0.29) is 17.7 Å². The van der Waals surface area contributed by atoms with Crippen molar-refractivity contribution in [3.05, 3.63) is 59.7 Å². The molecule has 0 spiro atoms. The Kier molecular flexibility index (Phi) is 8.72. The summed E-state index contributed by atoms with van der Waals surface area (Å²) in [6, 6.07) is 16.2. The molecule has 0 bridgehead atoms. The van der Waals surface area contributed by atoms with Gasteiger partial charge in [-0.2, -0.15) is 0 Å². The minimum atomic E-state index is 0.0833. The summed E-state index contributed by atoms with van der Waals surface area (Å²) in [5, 5.41) is 3.07. The lowest BCUT2D eigenvalue weighted by atomic mass is 9.98. The molecule has 1 atom stereocenters. The van der Waals surface area contributed by atoms with Crippen molar-refractivity contribution < 1.29 is 9.59 Å². The van der Waals surface area contributed by atoms with Crippen LogP contribution < -0.4 is 10.2 Å². The van der Waals surface area contributed by atoms with E-state index in [9.17, 15) is 9.59 Å². The lowest BCUT2D eigenvalue weighted by molar-refractivity contribution is -0.130. The molecule has 0 saturated carbocycles. The number of nitrogens with one attached hydrogen (secondary N) is 1. The second-order valence-electron chi connectivity index (χ2n) is 8.75. The Hall–Kier alpha value is -2.82. The number of hydrogen-bond acceptors (Lipinski definition) is 3. The summed E-state index contributed by atoms with van der Waals surface area (Å²) in [6.07, 6.45) is 4.49. The topological polar surface area (TPSA) is 52.7 Å². The normalized spacial score (nSPS) is 14.8. The van der Waals surface area contributed by atoms with E-state index in [1.165, 1.54) is 5.56 Å². The second-order valence-corrected chi connectivity index (χ2v) is 8.75. The number of benzene rings is 2. The highest BCUT2D eigenvalue weighted by Crippen LogP contribution is 2.22. The number of aryl methyl sites for hydroxylation is 1. The number of amides is 2. The van der Waals surface area contributed by atoms with Gasteiger partial charge in [0.15, 0.2) is 0 Å². The molecule has 32 heavy (non-hydrogen) atoms. The molecule has 172 valence electrons. The molecule has 0 unspecified atom stereocenters. The van der Waals surface area contributed by atoms with E-state index in [4.69, 9.17) is 0 Å². The van der Waals surface area contributed by atoms with Gasteiger partial charge in [0, 0.05) is 43.5 Å². The molecule has 1 heterocycles. The molecule has 5 nitrogen and oxygen atoms in total. The zero-order valence-electron chi connectivity index (χ0n) is 19.8. The Balaban J connectivity index is 1.50. The van der Waals surface area contributed by atoms with Gasteiger partial charge >= 0.3 is 0 Å². The standard InChI is InChI=1S/C27H37N3O2/c1-4-6-10-22(5-2)27(32)28-24-12-14-25(15-13-24)29-16-18-30(19-17-29)26(31)20-23-11-8-7-9-21(23)3/h7-9,11-15,22H,4-6,10,16-20H2,1-3H3,(H,28,32)/t22-/m1/s1. The summed E-state index contributed by atoms with van der Waals surface area (Å²) in [5.74, 6) is 0.403. The number of rotatable bonds is 9. The Morgan fingerprint density at radius 2 is 1.66 bits per heavy atom. The van der Waals surface area contributed by atoms with Gasteiger partial charge < -0.3 is 15.1 Å². The summed E-state index contributed by atoms with van der Waals surface area (Å²) in [5.41, 5.74) is 4.26. The van der Waals surface area contributed by atoms with Gasteiger partial charge in [-0.25, -0.2) is 0 Å². The maximum absolute atomic E-state index is 12.7. The fourth-order valence-electron chi connectivity index (χ4n) is 4.27. The van der Waals surface area contributed by atoms with Crippen molar-refractivity contribution in [3.63, 3.8) is 0 Å². The van der Waals surface area contributed by atoms with Crippen LogP contribution in [0.4, 0.5) is 11.4 Å². The number of unbranched alkanes of at least 4 members (excludes halogenated alkanes) is 1. The SMILES string of the molecule is CCCC[C@@H](CC)C(=O)Nc1ccc(N2CCN(C(=O)Cc3ccccc3C)CC2)cc1. The van der Waals surface area contributed by atoms with Gasteiger partial charge in [0.25, 0.3) is 0 Å². The third-order valence-electron chi connectivity index (χ3n) is 6.51. The average Bonchev–Trinajstić information content (AvgIpc) is 2.81. The smallest absolute Gasteiger partial charge is 0.227 e. The van der Waals surface area contributed by atoms with Gasteiger partial charge in [0.05, 0.1) is 6.42 Å². The van der Waals surface area contributed by atoms with Crippen LogP contribution in [-0.2, 0) is 16.0 Å². The molecule has 1 saturated heterocycles.